The number of carbonyl (C=O) groups is 3. The molecule has 3 aromatic rings. The molecule has 0 aliphatic carbocycles. The highest BCUT2D eigenvalue weighted by Gasteiger charge is 2.43. The van der Waals surface area contributed by atoms with E-state index < -0.39 is 11.3 Å². The van der Waals surface area contributed by atoms with Gasteiger partial charge in [0.1, 0.15) is 17.6 Å². The van der Waals surface area contributed by atoms with Gasteiger partial charge in [0, 0.05) is 22.2 Å². The predicted octanol–water partition coefficient (Wildman–Crippen LogP) is 4.57. The van der Waals surface area contributed by atoms with Crippen LogP contribution in [0.1, 0.15) is 30.2 Å². The number of rotatable bonds is 9. The van der Waals surface area contributed by atoms with Gasteiger partial charge < -0.3 is 15.4 Å². The fourth-order valence-corrected chi connectivity index (χ4v) is 5.90. The third-order valence-corrected chi connectivity index (χ3v) is 8.41. The zero-order valence-electron chi connectivity index (χ0n) is 21.4. The number of hydrogen-bond acceptors (Lipinski definition) is 8. The lowest BCUT2D eigenvalue weighted by atomic mass is 10.1. The first kappa shape index (κ1) is 26.6. The van der Waals surface area contributed by atoms with E-state index in [1.54, 1.807) is 42.7 Å². The van der Waals surface area contributed by atoms with Crippen LogP contribution in [-0.4, -0.2) is 52.0 Å². The number of aliphatic imine (C=N–C) groups is 2. The second kappa shape index (κ2) is 11.8. The molecule has 0 saturated heterocycles. The van der Waals surface area contributed by atoms with E-state index in [0.717, 1.165) is 4.88 Å². The molecule has 0 bridgehead atoms. The predicted molar refractivity (Wildman–Crippen MR) is 155 cm³/mol. The van der Waals surface area contributed by atoms with Crippen molar-refractivity contribution in [2.24, 2.45) is 9.98 Å². The number of ether oxygens (including phenoxy) is 1. The van der Waals surface area contributed by atoms with E-state index in [9.17, 15) is 14.4 Å². The Morgan fingerprint density at radius 1 is 1.15 bits per heavy atom. The molecule has 0 spiro atoms. The van der Waals surface area contributed by atoms with Gasteiger partial charge in [-0.3, -0.25) is 19.4 Å². The molecule has 2 aliphatic rings. The summed E-state index contributed by atoms with van der Waals surface area (Å²) in [5, 5.41) is 7.58. The number of fused-ring (bicyclic) bond motifs is 3. The summed E-state index contributed by atoms with van der Waals surface area (Å²) in [5.41, 5.74) is 1.99. The summed E-state index contributed by atoms with van der Waals surface area (Å²) in [5.74, 6) is 0.282. The molecule has 5 rings (SSSR count). The lowest BCUT2D eigenvalue weighted by Gasteiger charge is -2.27. The molecule has 39 heavy (non-hydrogen) atoms. The van der Waals surface area contributed by atoms with Crippen molar-refractivity contribution in [2.75, 3.05) is 12.4 Å². The highest BCUT2D eigenvalue weighted by molar-refractivity contribution is 8.15. The maximum Gasteiger partial charge on any atom is 0.259 e. The standard InChI is InChI=1S/C28H27N5O4S2/c1-3-23(26(35)30-17-8-6-9-18(14-17)37-2)39-28-32-21-12-5-4-11-20(21)25-31-22(27(36)33(25)28)15-24(34)29-16-19-10-7-13-38-19/h4-14,22-23H,3,15-16H2,1-2H3,(H,29,34)(H,30,35)/t22-,23+/m0/s1. The Morgan fingerprint density at radius 2 is 2.00 bits per heavy atom. The van der Waals surface area contributed by atoms with Crippen molar-refractivity contribution < 1.29 is 19.1 Å². The Balaban J connectivity index is 1.34. The Hall–Kier alpha value is -3.96. The van der Waals surface area contributed by atoms with Crippen molar-refractivity contribution in [3.63, 3.8) is 0 Å². The number of hydrogen-bond donors (Lipinski definition) is 2. The van der Waals surface area contributed by atoms with Crippen molar-refractivity contribution in [3.05, 3.63) is 76.5 Å². The van der Waals surface area contributed by atoms with Crippen molar-refractivity contribution in [3.8, 4) is 5.75 Å². The monoisotopic (exact) mass is 561 g/mol. The van der Waals surface area contributed by atoms with Gasteiger partial charge in [-0.05, 0) is 42.1 Å². The van der Waals surface area contributed by atoms with Crippen molar-refractivity contribution >= 4 is 63.2 Å². The first-order valence-corrected chi connectivity index (χ1v) is 14.2. The second-order valence-corrected chi connectivity index (χ2v) is 11.1. The highest BCUT2D eigenvalue weighted by atomic mass is 32.2. The van der Waals surface area contributed by atoms with Gasteiger partial charge >= 0.3 is 0 Å². The highest BCUT2D eigenvalue weighted by Crippen LogP contribution is 2.36. The molecule has 0 unspecified atom stereocenters. The summed E-state index contributed by atoms with van der Waals surface area (Å²) >= 11 is 2.76. The fourth-order valence-electron chi connectivity index (χ4n) is 4.23. The van der Waals surface area contributed by atoms with Crippen LogP contribution in [0, 0.1) is 0 Å². The van der Waals surface area contributed by atoms with Crippen LogP contribution in [0.2, 0.25) is 0 Å². The van der Waals surface area contributed by atoms with Crippen molar-refractivity contribution in [2.45, 2.75) is 37.6 Å². The first-order valence-electron chi connectivity index (χ1n) is 12.5. The van der Waals surface area contributed by atoms with E-state index in [1.165, 1.54) is 16.7 Å². The largest absolute Gasteiger partial charge is 0.497 e. The molecule has 3 heterocycles. The van der Waals surface area contributed by atoms with E-state index in [4.69, 9.17) is 9.73 Å². The molecule has 1 aromatic heterocycles. The molecule has 0 radical (unpaired) electrons. The van der Waals surface area contributed by atoms with Gasteiger partial charge in [-0.25, -0.2) is 9.89 Å². The summed E-state index contributed by atoms with van der Waals surface area (Å²) in [6, 6.07) is 17.5. The Bertz CT molecular complexity index is 1450. The minimum Gasteiger partial charge on any atom is -0.497 e. The number of methoxy groups -OCH3 is 1. The summed E-state index contributed by atoms with van der Waals surface area (Å²) in [6.07, 6.45) is 0.433. The molecule has 2 aliphatic heterocycles. The van der Waals surface area contributed by atoms with Crippen LogP contribution in [0.3, 0.4) is 0 Å². The molecule has 2 atom stereocenters. The number of thioether (sulfide) groups is 1. The molecule has 0 saturated carbocycles. The minimum absolute atomic E-state index is 0.0716. The van der Waals surface area contributed by atoms with Crippen LogP contribution >= 0.6 is 23.1 Å². The third-order valence-electron chi connectivity index (χ3n) is 6.21. The van der Waals surface area contributed by atoms with Gasteiger partial charge in [0.2, 0.25) is 11.8 Å². The molecule has 9 nitrogen and oxygen atoms in total. The van der Waals surface area contributed by atoms with E-state index in [1.807, 2.05) is 48.7 Å². The number of amidine groups is 2. The number of benzene rings is 2. The van der Waals surface area contributed by atoms with Crippen molar-refractivity contribution in [1.82, 2.24) is 10.2 Å². The van der Waals surface area contributed by atoms with Crippen molar-refractivity contribution in [1.29, 1.82) is 0 Å². The molecule has 200 valence electrons. The van der Waals surface area contributed by atoms with Gasteiger partial charge in [-0.2, -0.15) is 0 Å². The Labute approximate surface area is 234 Å². The number of nitrogens with one attached hydrogen (secondary N) is 2. The van der Waals surface area contributed by atoms with Gasteiger partial charge in [-0.15, -0.1) is 11.3 Å². The molecule has 11 heteroatoms. The SMILES string of the molecule is CC[C@@H](SC1=Nc2ccccc2C2=N[C@@H](CC(=O)NCc3cccs3)C(=O)N12)C(=O)Nc1cccc(OC)c1. The topological polar surface area (TPSA) is 112 Å². The molecular weight excluding hydrogens is 534 g/mol. The summed E-state index contributed by atoms with van der Waals surface area (Å²) in [4.78, 5) is 51.3. The summed E-state index contributed by atoms with van der Waals surface area (Å²) < 4.78 is 5.25. The number of thiophene rings is 1. The Morgan fingerprint density at radius 3 is 2.77 bits per heavy atom. The van der Waals surface area contributed by atoms with Gasteiger partial charge in [0.15, 0.2) is 5.17 Å². The van der Waals surface area contributed by atoms with Crippen LogP contribution in [-0.2, 0) is 20.9 Å². The van der Waals surface area contributed by atoms with Gasteiger partial charge in [0.25, 0.3) is 5.91 Å². The average molecular weight is 562 g/mol. The minimum atomic E-state index is -0.869. The smallest absolute Gasteiger partial charge is 0.259 e. The molecule has 0 fully saturated rings. The number of nitrogens with zero attached hydrogens (tertiary/aromatic N) is 3. The fraction of sp³-hybridized carbons (Fsp3) is 0.250. The van der Waals surface area contributed by atoms with E-state index in [0.29, 0.717) is 46.7 Å². The number of carbonyl (C=O) groups excluding carboxylic acids is 3. The second-order valence-electron chi connectivity index (χ2n) is 8.85. The zero-order valence-corrected chi connectivity index (χ0v) is 23.1. The maximum atomic E-state index is 13.6. The van der Waals surface area contributed by atoms with E-state index >= 15 is 0 Å². The van der Waals surface area contributed by atoms with Crippen LogP contribution in [0.4, 0.5) is 11.4 Å². The average Bonchev–Trinajstić information content (AvgIpc) is 3.59. The molecular formula is C28H27N5O4S2. The van der Waals surface area contributed by atoms with E-state index in [-0.39, 0.29) is 24.1 Å². The maximum absolute atomic E-state index is 13.6. The number of anilines is 1. The third kappa shape index (κ3) is 5.89. The van der Waals surface area contributed by atoms with Crippen LogP contribution < -0.4 is 15.4 Å². The van der Waals surface area contributed by atoms with Crippen LogP contribution in [0.15, 0.2) is 76.0 Å². The van der Waals surface area contributed by atoms with Crippen LogP contribution in [0.25, 0.3) is 0 Å². The lowest BCUT2D eigenvalue weighted by molar-refractivity contribution is -0.128. The summed E-state index contributed by atoms with van der Waals surface area (Å²) in [6.45, 7) is 2.31. The van der Waals surface area contributed by atoms with Gasteiger partial charge in [-0.1, -0.05) is 43.0 Å². The molecule has 2 aromatic carbocycles. The number of para-hydroxylation sites is 1. The zero-order chi connectivity index (χ0) is 27.4. The van der Waals surface area contributed by atoms with Gasteiger partial charge in [0.05, 0.1) is 31.0 Å². The molecule has 3 amide bonds. The first-order chi connectivity index (χ1) is 19.0. The quantitative estimate of drug-likeness (QED) is 0.397. The molecule has 2 N–H and O–H groups in total. The Kier molecular flexibility index (Phi) is 8.08. The summed E-state index contributed by atoms with van der Waals surface area (Å²) in [7, 11) is 1.57. The number of amides is 3. The lowest BCUT2D eigenvalue weighted by Crippen LogP contribution is -2.43. The van der Waals surface area contributed by atoms with Crippen LogP contribution in [0.5, 0.6) is 5.75 Å². The van der Waals surface area contributed by atoms with E-state index in [2.05, 4.69) is 15.6 Å². The normalized spacial score (nSPS) is 16.5.